The molecule has 1 unspecified atom stereocenters. The molecule has 12 heavy (non-hydrogen) atoms. The molecular weight excluding hydrogens is 288 g/mol. The Labute approximate surface area is 91.2 Å². The molecule has 0 bridgehead atoms. The highest BCUT2D eigenvalue weighted by molar-refractivity contribution is 9.12. The van der Waals surface area contributed by atoms with Crippen LogP contribution in [0, 0.1) is 0 Å². The fourth-order valence-corrected chi connectivity index (χ4v) is 0.623. The SMILES string of the molecule is CC(Br)(CBr)COOC(C)(C)C. The molecule has 0 saturated carbocycles. The van der Waals surface area contributed by atoms with Crippen molar-refractivity contribution in [3.8, 4) is 0 Å². The van der Waals surface area contributed by atoms with Crippen molar-refractivity contribution >= 4 is 31.9 Å². The minimum absolute atomic E-state index is 0.0573. The van der Waals surface area contributed by atoms with Crippen molar-refractivity contribution in [2.75, 3.05) is 11.9 Å². The fourth-order valence-electron chi connectivity index (χ4n) is 0.368. The van der Waals surface area contributed by atoms with Crippen LogP contribution in [-0.2, 0) is 9.78 Å². The molecule has 0 fully saturated rings. The minimum atomic E-state index is -0.241. The van der Waals surface area contributed by atoms with Gasteiger partial charge in [-0.05, 0) is 27.7 Å². The number of alkyl halides is 2. The Morgan fingerprint density at radius 1 is 1.17 bits per heavy atom. The Balaban J connectivity index is 3.57. The summed E-state index contributed by atoms with van der Waals surface area (Å²) in [5.74, 6) is 0. The van der Waals surface area contributed by atoms with E-state index in [2.05, 4.69) is 31.9 Å². The number of rotatable bonds is 4. The van der Waals surface area contributed by atoms with Gasteiger partial charge in [0.2, 0.25) is 0 Å². The molecule has 0 heterocycles. The zero-order valence-electron chi connectivity index (χ0n) is 7.99. The molecule has 0 aromatic carbocycles. The molecule has 0 radical (unpaired) electrons. The predicted molar refractivity (Wildman–Crippen MR) is 57.9 cm³/mol. The molecule has 0 spiro atoms. The third-order valence-electron chi connectivity index (χ3n) is 0.947. The van der Waals surface area contributed by atoms with Crippen molar-refractivity contribution in [3.63, 3.8) is 0 Å². The van der Waals surface area contributed by atoms with Gasteiger partial charge in [0.25, 0.3) is 0 Å². The average molecular weight is 304 g/mol. The molecule has 0 aromatic rings. The molecule has 1 atom stereocenters. The zero-order valence-corrected chi connectivity index (χ0v) is 11.2. The molecule has 74 valence electrons. The number of halogens is 2. The lowest BCUT2D eigenvalue weighted by Gasteiger charge is -2.22. The molecule has 0 saturated heterocycles. The Morgan fingerprint density at radius 2 is 1.67 bits per heavy atom. The van der Waals surface area contributed by atoms with Gasteiger partial charge in [0.05, 0.1) is 16.5 Å². The number of hydrogen-bond donors (Lipinski definition) is 0. The molecule has 0 amide bonds. The van der Waals surface area contributed by atoms with Gasteiger partial charge in [0, 0.05) is 5.33 Å². The van der Waals surface area contributed by atoms with Gasteiger partial charge in [-0.2, -0.15) is 0 Å². The van der Waals surface area contributed by atoms with Crippen molar-refractivity contribution in [3.05, 3.63) is 0 Å². The predicted octanol–water partition coefficient (Wildman–Crippen LogP) is 3.28. The van der Waals surface area contributed by atoms with Crippen molar-refractivity contribution in [2.24, 2.45) is 0 Å². The lowest BCUT2D eigenvalue weighted by Crippen LogP contribution is -2.28. The van der Waals surface area contributed by atoms with Gasteiger partial charge < -0.3 is 0 Å². The summed E-state index contributed by atoms with van der Waals surface area (Å²) >= 11 is 6.87. The van der Waals surface area contributed by atoms with E-state index in [0.29, 0.717) is 6.61 Å². The second kappa shape index (κ2) is 4.94. The molecule has 0 aliphatic carbocycles. The highest BCUT2D eigenvalue weighted by atomic mass is 79.9. The normalized spacial score (nSPS) is 17.5. The van der Waals surface area contributed by atoms with Gasteiger partial charge in [-0.1, -0.05) is 31.9 Å². The first-order valence-corrected chi connectivity index (χ1v) is 5.74. The standard InChI is InChI=1S/C8H16Br2O2/c1-7(2,3)12-11-6-8(4,10)5-9/h5-6H2,1-4H3. The summed E-state index contributed by atoms with van der Waals surface area (Å²) in [7, 11) is 0. The minimum Gasteiger partial charge on any atom is -0.235 e. The highest BCUT2D eigenvalue weighted by Crippen LogP contribution is 2.21. The van der Waals surface area contributed by atoms with E-state index in [0.717, 1.165) is 5.33 Å². The van der Waals surface area contributed by atoms with E-state index in [1.807, 2.05) is 27.7 Å². The molecule has 2 nitrogen and oxygen atoms in total. The van der Waals surface area contributed by atoms with E-state index < -0.39 is 0 Å². The third kappa shape index (κ3) is 7.53. The van der Waals surface area contributed by atoms with Gasteiger partial charge in [-0.3, -0.25) is 0 Å². The number of hydrogen-bond acceptors (Lipinski definition) is 2. The highest BCUT2D eigenvalue weighted by Gasteiger charge is 2.21. The van der Waals surface area contributed by atoms with Crippen molar-refractivity contribution in [1.82, 2.24) is 0 Å². The smallest absolute Gasteiger partial charge is 0.0981 e. The van der Waals surface area contributed by atoms with E-state index in [4.69, 9.17) is 9.78 Å². The Kier molecular flexibility index (Phi) is 5.30. The fraction of sp³-hybridized carbons (Fsp3) is 1.00. The molecule has 4 heteroatoms. The Bertz CT molecular complexity index is 130. The third-order valence-corrected chi connectivity index (χ3v) is 3.45. The summed E-state index contributed by atoms with van der Waals surface area (Å²) in [5.41, 5.74) is -0.241. The lowest BCUT2D eigenvalue weighted by molar-refractivity contribution is -0.350. The van der Waals surface area contributed by atoms with E-state index in [9.17, 15) is 0 Å². The van der Waals surface area contributed by atoms with E-state index in [-0.39, 0.29) is 9.93 Å². The first kappa shape index (κ1) is 12.9. The summed E-state index contributed by atoms with van der Waals surface area (Å²) in [4.78, 5) is 10.2. The topological polar surface area (TPSA) is 18.5 Å². The van der Waals surface area contributed by atoms with E-state index in [1.54, 1.807) is 0 Å². The van der Waals surface area contributed by atoms with Crippen LogP contribution in [0.1, 0.15) is 27.7 Å². The van der Waals surface area contributed by atoms with Crippen LogP contribution in [0.5, 0.6) is 0 Å². The van der Waals surface area contributed by atoms with Gasteiger partial charge in [0.1, 0.15) is 0 Å². The lowest BCUT2D eigenvalue weighted by atomic mass is 10.2. The van der Waals surface area contributed by atoms with Crippen molar-refractivity contribution in [2.45, 2.75) is 37.6 Å². The maximum atomic E-state index is 5.12. The molecule has 0 aliphatic heterocycles. The van der Waals surface area contributed by atoms with Crippen molar-refractivity contribution < 1.29 is 9.78 Å². The van der Waals surface area contributed by atoms with Crippen molar-refractivity contribution in [1.29, 1.82) is 0 Å². The zero-order chi connectivity index (χ0) is 9.83. The molecule has 0 aliphatic rings. The largest absolute Gasteiger partial charge is 0.235 e. The second-order valence-electron chi connectivity index (χ2n) is 4.00. The van der Waals surface area contributed by atoms with Crippen LogP contribution in [0.4, 0.5) is 0 Å². The Hall–Kier alpha value is 0.880. The van der Waals surface area contributed by atoms with E-state index in [1.165, 1.54) is 0 Å². The van der Waals surface area contributed by atoms with Gasteiger partial charge in [0.15, 0.2) is 0 Å². The summed E-state index contributed by atoms with van der Waals surface area (Å²) in [5, 5.41) is 0.827. The summed E-state index contributed by atoms with van der Waals surface area (Å²) < 4.78 is -0.0573. The van der Waals surface area contributed by atoms with Crippen LogP contribution in [0.25, 0.3) is 0 Å². The van der Waals surface area contributed by atoms with Crippen LogP contribution in [0.15, 0.2) is 0 Å². The van der Waals surface area contributed by atoms with Crippen LogP contribution in [0.2, 0.25) is 0 Å². The van der Waals surface area contributed by atoms with Gasteiger partial charge in [-0.15, -0.1) is 0 Å². The quantitative estimate of drug-likeness (QED) is 0.451. The first-order valence-electron chi connectivity index (χ1n) is 3.82. The average Bonchev–Trinajstić information content (AvgIpc) is 1.84. The summed E-state index contributed by atoms with van der Waals surface area (Å²) in [6, 6.07) is 0. The molecule has 0 aromatic heterocycles. The monoisotopic (exact) mass is 302 g/mol. The summed E-state index contributed by atoms with van der Waals surface area (Å²) in [6.45, 7) is 8.41. The molecular formula is C8H16Br2O2. The van der Waals surface area contributed by atoms with Crippen LogP contribution < -0.4 is 0 Å². The van der Waals surface area contributed by atoms with Crippen LogP contribution in [0.3, 0.4) is 0 Å². The van der Waals surface area contributed by atoms with Crippen LogP contribution in [-0.4, -0.2) is 21.9 Å². The first-order chi connectivity index (χ1) is 5.27. The Morgan fingerprint density at radius 3 is 2.00 bits per heavy atom. The summed E-state index contributed by atoms with van der Waals surface area (Å²) in [6.07, 6.45) is 0. The maximum Gasteiger partial charge on any atom is 0.0981 e. The van der Waals surface area contributed by atoms with Gasteiger partial charge >= 0.3 is 0 Å². The van der Waals surface area contributed by atoms with Gasteiger partial charge in [-0.25, -0.2) is 9.78 Å². The van der Waals surface area contributed by atoms with Crippen LogP contribution >= 0.6 is 31.9 Å². The van der Waals surface area contributed by atoms with E-state index >= 15 is 0 Å². The second-order valence-corrected chi connectivity index (χ2v) is 6.48. The molecule has 0 rings (SSSR count). The maximum absolute atomic E-state index is 5.12. The molecule has 0 N–H and O–H groups in total.